The van der Waals surface area contributed by atoms with Crippen molar-refractivity contribution in [1.29, 1.82) is 0 Å². The minimum Gasteiger partial charge on any atom is -0.381 e. The van der Waals surface area contributed by atoms with E-state index in [1.54, 1.807) is 0 Å². The molecule has 2 rings (SSSR count). The minimum atomic E-state index is 0.304. The van der Waals surface area contributed by atoms with E-state index in [2.05, 4.69) is 24.2 Å². The van der Waals surface area contributed by atoms with Gasteiger partial charge in [0.05, 0.1) is 12.7 Å². The zero-order chi connectivity index (χ0) is 14.3. The van der Waals surface area contributed by atoms with E-state index in [0.717, 1.165) is 46.0 Å². The standard InChI is InChI=1S/C16H32N2O2/c1-3-8-17-12-16(7-10-19-14-16)13-18(2)11-15-6-4-5-9-20-15/h15,17H,3-14H2,1-2H3. The quantitative estimate of drug-likeness (QED) is 0.690. The van der Waals surface area contributed by atoms with Gasteiger partial charge < -0.3 is 19.7 Å². The van der Waals surface area contributed by atoms with Gasteiger partial charge in [-0.2, -0.15) is 0 Å². The molecular formula is C16H32N2O2. The van der Waals surface area contributed by atoms with Crippen LogP contribution in [-0.2, 0) is 9.47 Å². The fraction of sp³-hybridized carbons (Fsp3) is 1.00. The van der Waals surface area contributed by atoms with E-state index in [1.165, 1.54) is 32.1 Å². The van der Waals surface area contributed by atoms with Gasteiger partial charge in [0.1, 0.15) is 0 Å². The Balaban J connectivity index is 1.77. The molecule has 2 heterocycles. The van der Waals surface area contributed by atoms with Crippen LogP contribution in [0.25, 0.3) is 0 Å². The smallest absolute Gasteiger partial charge is 0.0701 e. The van der Waals surface area contributed by atoms with Crippen LogP contribution in [0.2, 0.25) is 0 Å². The number of nitrogens with one attached hydrogen (secondary N) is 1. The van der Waals surface area contributed by atoms with Gasteiger partial charge in [0, 0.05) is 38.3 Å². The van der Waals surface area contributed by atoms with E-state index in [0.29, 0.717) is 11.5 Å². The van der Waals surface area contributed by atoms with E-state index in [4.69, 9.17) is 9.47 Å². The highest BCUT2D eigenvalue weighted by molar-refractivity contribution is 4.88. The van der Waals surface area contributed by atoms with Crippen molar-refractivity contribution >= 4 is 0 Å². The monoisotopic (exact) mass is 284 g/mol. The molecule has 0 spiro atoms. The lowest BCUT2D eigenvalue weighted by molar-refractivity contribution is -0.00856. The molecule has 0 aliphatic carbocycles. The Morgan fingerprint density at radius 1 is 1.30 bits per heavy atom. The van der Waals surface area contributed by atoms with Crippen LogP contribution in [0.15, 0.2) is 0 Å². The van der Waals surface area contributed by atoms with Gasteiger partial charge in [-0.15, -0.1) is 0 Å². The van der Waals surface area contributed by atoms with Crippen LogP contribution in [0.3, 0.4) is 0 Å². The van der Waals surface area contributed by atoms with E-state index < -0.39 is 0 Å². The maximum Gasteiger partial charge on any atom is 0.0701 e. The topological polar surface area (TPSA) is 33.7 Å². The highest BCUT2D eigenvalue weighted by atomic mass is 16.5. The molecule has 118 valence electrons. The van der Waals surface area contributed by atoms with Gasteiger partial charge in [0.2, 0.25) is 0 Å². The largest absolute Gasteiger partial charge is 0.381 e. The van der Waals surface area contributed by atoms with Crippen LogP contribution in [-0.4, -0.2) is 64.1 Å². The predicted octanol–water partition coefficient (Wildman–Crippen LogP) is 1.89. The van der Waals surface area contributed by atoms with Gasteiger partial charge >= 0.3 is 0 Å². The second-order valence-corrected chi connectivity index (χ2v) is 6.66. The normalized spacial score (nSPS) is 31.1. The second-order valence-electron chi connectivity index (χ2n) is 6.66. The van der Waals surface area contributed by atoms with Crippen molar-refractivity contribution in [1.82, 2.24) is 10.2 Å². The van der Waals surface area contributed by atoms with E-state index >= 15 is 0 Å². The van der Waals surface area contributed by atoms with Crippen LogP contribution in [0.4, 0.5) is 0 Å². The van der Waals surface area contributed by atoms with Crippen LogP contribution < -0.4 is 5.32 Å². The van der Waals surface area contributed by atoms with E-state index in [9.17, 15) is 0 Å². The van der Waals surface area contributed by atoms with E-state index in [1.807, 2.05) is 0 Å². The molecule has 0 aromatic heterocycles. The second kappa shape index (κ2) is 8.32. The lowest BCUT2D eigenvalue weighted by Crippen LogP contribution is -2.46. The Hall–Kier alpha value is -0.160. The molecule has 0 radical (unpaired) electrons. The number of likely N-dealkylation sites (N-methyl/N-ethyl adjacent to an activating group) is 1. The Labute approximate surface area is 124 Å². The summed E-state index contributed by atoms with van der Waals surface area (Å²) in [4.78, 5) is 2.46. The maximum atomic E-state index is 5.86. The number of rotatable bonds is 8. The molecule has 0 aromatic carbocycles. The average molecular weight is 284 g/mol. The summed E-state index contributed by atoms with van der Waals surface area (Å²) < 4.78 is 11.5. The maximum absolute atomic E-state index is 5.86. The fourth-order valence-corrected chi connectivity index (χ4v) is 3.44. The molecule has 2 fully saturated rings. The molecule has 2 saturated heterocycles. The summed E-state index contributed by atoms with van der Waals surface area (Å²) >= 11 is 0. The third-order valence-corrected chi connectivity index (χ3v) is 4.51. The average Bonchev–Trinajstić information content (AvgIpc) is 2.88. The molecule has 2 aliphatic rings. The Kier molecular flexibility index (Phi) is 6.75. The predicted molar refractivity (Wildman–Crippen MR) is 82.1 cm³/mol. The van der Waals surface area contributed by atoms with Gasteiger partial charge in [0.25, 0.3) is 0 Å². The summed E-state index contributed by atoms with van der Waals surface area (Å²) in [5, 5.41) is 3.59. The first-order valence-electron chi connectivity index (χ1n) is 8.33. The SMILES string of the molecule is CCCNCC1(CN(C)CC2CCCCO2)CCOC1. The van der Waals surface area contributed by atoms with Crippen LogP contribution >= 0.6 is 0 Å². The van der Waals surface area contributed by atoms with E-state index in [-0.39, 0.29) is 0 Å². The number of nitrogens with zero attached hydrogens (tertiary/aromatic N) is 1. The molecule has 2 unspecified atom stereocenters. The van der Waals surface area contributed by atoms with Crippen molar-refractivity contribution in [3.05, 3.63) is 0 Å². The molecule has 0 bridgehead atoms. The van der Waals surface area contributed by atoms with Crippen molar-refractivity contribution in [2.24, 2.45) is 5.41 Å². The summed E-state index contributed by atoms with van der Waals surface area (Å²) in [6, 6.07) is 0. The zero-order valence-electron chi connectivity index (χ0n) is 13.3. The van der Waals surface area contributed by atoms with Gasteiger partial charge in [0.15, 0.2) is 0 Å². The van der Waals surface area contributed by atoms with Gasteiger partial charge in [-0.25, -0.2) is 0 Å². The molecule has 4 nitrogen and oxygen atoms in total. The summed E-state index contributed by atoms with van der Waals surface area (Å²) in [6.07, 6.45) is 6.60. The minimum absolute atomic E-state index is 0.304. The summed E-state index contributed by atoms with van der Waals surface area (Å²) in [6.45, 7) is 9.36. The van der Waals surface area contributed by atoms with Crippen molar-refractivity contribution in [3.8, 4) is 0 Å². The van der Waals surface area contributed by atoms with Gasteiger partial charge in [-0.3, -0.25) is 0 Å². The molecule has 2 atom stereocenters. The summed E-state index contributed by atoms with van der Waals surface area (Å²) in [7, 11) is 2.23. The molecule has 20 heavy (non-hydrogen) atoms. The van der Waals surface area contributed by atoms with Crippen molar-refractivity contribution in [2.45, 2.75) is 45.1 Å². The highest BCUT2D eigenvalue weighted by Gasteiger charge is 2.36. The Morgan fingerprint density at radius 3 is 2.85 bits per heavy atom. The fourth-order valence-electron chi connectivity index (χ4n) is 3.44. The first kappa shape index (κ1) is 16.2. The molecule has 2 aliphatic heterocycles. The highest BCUT2D eigenvalue weighted by Crippen LogP contribution is 2.29. The number of hydrogen-bond acceptors (Lipinski definition) is 4. The van der Waals surface area contributed by atoms with Crippen molar-refractivity contribution in [3.63, 3.8) is 0 Å². The Bertz CT molecular complexity index is 261. The summed E-state index contributed by atoms with van der Waals surface area (Å²) in [5.41, 5.74) is 0.304. The first-order valence-corrected chi connectivity index (χ1v) is 8.33. The van der Waals surface area contributed by atoms with Gasteiger partial charge in [-0.05, 0) is 45.7 Å². The van der Waals surface area contributed by atoms with Crippen LogP contribution in [0.5, 0.6) is 0 Å². The van der Waals surface area contributed by atoms with Gasteiger partial charge in [-0.1, -0.05) is 6.92 Å². The molecule has 0 aromatic rings. The summed E-state index contributed by atoms with van der Waals surface area (Å²) in [5.74, 6) is 0. The number of ether oxygens (including phenoxy) is 2. The molecule has 0 saturated carbocycles. The lowest BCUT2D eigenvalue weighted by Gasteiger charge is -2.35. The van der Waals surface area contributed by atoms with Crippen molar-refractivity contribution in [2.75, 3.05) is 53.0 Å². The van der Waals surface area contributed by atoms with Crippen LogP contribution in [0, 0.1) is 5.41 Å². The third-order valence-electron chi connectivity index (χ3n) is 4.51. The van der Waals surface area contributed by atoms with Crippen LogP contribution in [0.1, 0.15) is 39.0 Å². The molecule has 4 heteroatoms. The molecule has 1 N–H and O–H groups in total. The molecule has 0 amide bonds. The molecular weight excluding hydrogens is 252 g/mol. The number of hydrogen-bond donors (Lipinski definition) is 1. The van der Waals surface area contributed by atoms with Crippen molar-refractivity contribution < 1.29 is 9.47 Å². The lowest BCUT2D eigenvalue weighted by atomic mass is 9.86. The zero-order valence-corrected chi connectivity index (χ0v) is 13.3. The first-order chi connectivity index (χ1) is 9.74. The third kappa shape index (κ3) is 4.99. The Morgan fingerprint density at radius 2 is 2.20 bits per heavy atom.